The van der Waals surface area contributed by atoms with Crippen molar-refractivity contribution in [2.75, 3.05) is 12.0 Å². The lowest BCUT2D eigenvalue weighted by Crippen LogP contribution is -2.29. The van der Waals surface area contributed by atoms with Gasteiger partial charge >= 0.3 is 11.9 Å². The highest BCUT2D eigenvalue weighted by Gasteiger charge is 2.49. The van der Waals surface area contributed by atoms with Gasteiger partial charge in [0, 0.05) is 5.56 Å². The van der Waals surface area contributed by atoms with E-state index < -0.39 is 23.7 Å². The highest BCUT2D eigenvalue weighted by Crippen LogP contribution is 2.44. The van der Waals surface area contributed by atoms with Crippen molar-refractivity contribution < 1.29 is 28.6 Å². The smallest absolute Gasteiger partial charge is 0.350 e. The molecule has 1 aliphatic heterocycles. The summed E-state index contributed by atoms with van der Waals surface area (Å²) < 4.78 is 10.5. The van der Waals surface area contributed by atoms with Crippen molar-refractivity contribution in [1.82, 2.24) is 4.98 Å². The zero-order chi connectivity index (χ0) is 23.2. The normalized spacial score (nSPS) is 17.8. The zero-order valence-electron chi connectivity index (χ0n) is 17.8. The highest BCUT2D eigenvalue weighted by atomic mass is 32.1. The molecule has 1 aliphatic rings. The van der Waals surface area contributed by atoms with E-state index in [1.807, 2.05) is 6.92 Å². The number of aliphatic hydroxyl groups is 1. The molecule has 0 radical (unpaired) electrons. The number of methoxy groups -OCH3 is 1. The van der Waals surface area contributed by atoms with E-state index in [1.54, 1.807) is 50.2 Å². The van der Waals surface area contributed by atoms with Gasteiger partial charge in [-0.2, -0.15) is 0 Å². The predicted octanol–water partition coefficient (Wildman–Crippen LogP) is 4.07. The fourth-order valence-electron chi connectivity index (χ4n) is 3.53. The van der Waals surface area contributed by atoms with E-state index in [-0.39, 0.29) is 21.3 Å². The van der Waals surface area contributed by atoms with E-state index in [2.05, 4.69) is 4.98 Å². The lowest BCUT2D eigenvalue weighted by molar-refractivity contribution is -0.132. The zero-order valence-corrected chi connectivity index (χ0v) is 18.6. The molecule has 2 aromatic heterocycles. The number of esters is 1. The quantitative estimate of drug-likeness (QED) is 0.275. The van der Waals surface area contributed by atoms with Crippen LogP contribution in [0, 0.1) is 20.8 Å². The first-order valence-electron chi connectivity index (χ1n) is 9.73. The molecule has 32 heavy (non-hydrogen) atoms. The summed E-state index contributed by atoms with van der Waals surface area (Å²) in [4.78, 5) is 43.9. The molecule has 9 heteroatoms. The second-order valence-corrected chi connectivity index (χ2v) is 8.36. The van der Waals surface area contributed by atoms with Crippen LogP contribution in [0.1, 0.15) is 44.1 Å². The second-order valence-electron chi connectivity index (χ2n) is 7.39. The molecular weight excluding hydrogens is 432 g/mol. The molecule has 1 N–H and O–H groups in total. The number of hydrogen-bond acceptors (Lipinski definition) is 8. The van der Waals surface area contributed by atoms with Crippen molar-refractivity contribution in [3.8, 4) is 0 Å². The topological polar surface area (TPSA) is 110 Å². The lowest BCUT2D eigenvalue weighted by Gasteiger charge is -2.20. The number of nitrogens with zero attached hydrogens (tertiary/aromatic N) is 2. The number of ketones is 1. The summed E-state index contributed by atoms with van der Waals surface area (Å²) in [5.74, 6) is -1.77. The van der Waals surface area contributed by atoms with Crippen LogP contribution < -0.4 is 4.90 Å². The minimum atomic E-state index is -1.04. The van der Waals surface area contributed by atoms with E-state index >= 15 is 0 Å². The molecule has 3 aromatic rings. The van der Waals surface area contributed by atoms with Crippen LogP contribution in [0.5, 0.6) is 0 Å². The van der Waals surface area contributed by atoms with E-state index in [0.717, 1.165) is 21.8 Å². The van der Waals surface area contributed by atoms with Crippen LogP contribution in [0.3, 0.4) is 0 Å². The number of aryl methyl sites for hydroxylation is 3. The molecule has 3 heterocycles. The molecule has 4 rings (SSSR count). The van der Waals surface area contributed by atoms with Crippen molar-refractivity contribution in [3.63, 3.8) is 0 Å². The van der Waals surface area contributed by atoms with Crippen LogP contribution >= 0.6 is 11.3 Å². The van der Waals surface area contributed by atoms with E-state index in [1.165, 1.54) is 7.11 Å². The van der Waals surface area contributed by atoms with E-state index in [4.69, 9.17) is 9.15 Å². The van der Waals surface area contributed by atoms with Crippen LogP contribution in [0.4, 0.5) is 5.13 Å². The van der Waals surface area contributed by atoms with Gasteiger partial charge in [0.1, 0.15) is 28.2 Å². The minimum absolute atomic E-state index is 0.110. The minimum Gasteiger partial charge on any atom is -0.507 e. The second kappa shape index (κ2) is 8.08. The molecule has 0 aliphatic carbocycles. The molecule has 1 aromatic carbocycles. The number of amides is 1. The largest absolute Gasteiger partial charge is 0.507 e. The summed E-state index contributed by atoms with van der Waals surface area (Å²) in [7, 11) is 1.25. The number of ether oxygens (including phenoxy) is 1. The molecule has 0 bridgehead atoms. The fraction of sp³-hybridized carbons (Fsp3) is 0.217. The Morgan fingerprint density at radius 3 is 2.41 bits per heavy atom. The number of thiazole rings is 1. The van der Waals surface area contributed by atoms with E-state index in [9.17, 15) is 19.5 Å². The van der Waals surface area contributed by atoms with Crippen LogP contribution in [0.15, 0.2) is 46.4 Å². The van der Waals surface area contributed by atoms with Crippen LogP contribution in [0.25, 0.3) is 5.76 Å². The molecular formula is C23H20N2O6S. The Morgan fingerprint density at radius 1 is 1.12 bits per heavy atom. The van der Waals surface area contributed by atoms with Crippen LogP contribution in [-0.2, 0) is 14.3 Å². The molecule has 8 nitrogen and oxygen atoms in total. The van der Waals surface area contributed by atoms with Crippen molar-refractivity contribution >= 4 is 39.9 Å². The Bertz CT molecular complexity index is 1270. The van der Waals surface area contributed by atoms with Gasteiger partial charge in [-0.25, -0.2) is 9.78 Å². The molecule has 1 amide bonds. The number of benzene rings is 1. The predicted molar refractivity (Wildman–Crippen MR) is 118 cm³/mol. The number of aromatic nitrogens is 1. The monoisotopic (exact) mass is 452 g/mol. The first-order chi connectivity index (χ1) is 15.2. The highest BCUT2D eigenvalue weighted by molar-refractivity contribution is 7.17. The van der Waals surface area contributed by atoms with Gasteiger partial charge in [0.2, 0.25) is 0 Å². The average Bonchev–Trinajstić information content (AvgIpc) is 3.44. The fourth-order valence-corrected chi connectivity index (χ4v) is 4.55. The molecule has 164 valence electrons. The SMILES string of the molecule is COC(=O)c1sc(N2C(=O)C(=O)C(=C(O)c3ccc(C)cc3)[C@H]2c2ccc(C)o2)nc1C. The number of furan rings is 1. The summed E-state index contributed by atoms with van der Waals surface area (Å²) >= 11 is 0.933. The van der Waals surface area contributed by atoms with Gasteiger partial charge in [-0.05, 0) is 32.9 Å². The first kappa shape index (κ1) is 21.5. The third-order valence-electron chi connectivity index (χ3n) is 5.16. The summed E-state index contributed by atoms with van der Waals surface area (Å²) in [5.41, 5.74) is 1.63. The molecule has 0 spiro atoms. The molecule has 1 fully saturated rings. The van der Waals surface area contributed by atoms with Crippen molar-refractivity contribution in [2.24, 2.45) is 0 Å². The molecule has 1 saturated heterocycles. The Morgan fingerprint density at radius 2 is 1.81 bits per heavy atom. The number of anilines is 1. The maximum atomic E-state index is 13.1. The van der Waals surface area contributed by atoms with Gasteiger partial charge in [-0.15, -0.1) is 0 Å². The number of rotatable bonds is 4. The standard InChI is InChI=1S/C23H20N2O6S/c1-11-5-8-14(9-6-11)18(26)16-17(15-10-7-12(2)31-15)25(21(28)19(16)27)23-24-13(3)20(32-23)22(29)30-4/h5-10,17,26H,1-4H3/t17-/m1/s1. The number of carbonyl (C=O) groups is 3. The summed E-state index contributed by atoms with van der Waals surface area (Å²) in [6.07, 6.45) is 0. The average molecular weight is 452 g/mol. The summed E-state index contributed by atoms with van der Waals surface area (Å²) in [6, 6.07) is 9.24. The lowest BCUT2D eigenvalue weighted by atomic mass is 9.99. The van der Waals surface area contributed by atoms with Gasteiger partial charge in [-0.1, -0.05) is 41.2 Å². The van der Waals surface area contributed by atoms with Gasteiger partial charge in [-0.3, -0.25) is 14.5 Å². The summed E-state index contributed by atoms with van der Waals surface area (Å²) in [6.45, 7) is 5.25. The first-order valence-corrected chi connectivity index (χ1v) is 10.5. The van der Waals surface area contributed by atoms with Gasteiger partial charge in [0.05, 0.1) is 18.4 Å². The number of carbonyl (C=O) groups excluding carboxylic acids is 3. The van der Waals surface area contributed by atoms with Crippen molar-refractivity contribution in [1.29, 1.82) is 0 Å². The van der Waals surface area contributed by atoms with E-state index in [0.29, 0.717) is 22.8 Å². The Kier molecular flexibility index (Phi) is 5.43. The van der Waals surface area contributed by atoms with Gasteiger partial charge < -0.3 is 14.3 Å². The third-order valence-corrected chi connectivity index (χ3v) is 6.30. The van der Waals surface area contributed by atoms with Crippen molar-refractivity contribution in [3.05, 3.63) is 75.2 Å². The molecule has 1 atom stereocenters. The number of aliphatic hydroxyl groups excluding tert-OH is 1. The van der Waals surface area contributed by atoms with Crippen molar-refractivity contribution in [2.45, 2.75) is 26.8 Å². The number of hydrogen-bond donors (Lipinski definition) is 1. The molecule has 0 unspecified atom stereocenters. The Balaban J connectivity index is 1.92. The van der Waals surface area contributed by atoms with Crippen LogP contribution in [-0.4, -0.2) is 34.9 Å². The maximum Gasteiger partial charge on any atom is 0.350 e. The maximum absolute atomic E-state index is 13.1. The summed E-state index contributed by atoms with van der Waals surface area (Å²) in [5, 5.41) is 11.2. The molecule has 0 saturated carbocycles. The Hall–Kier alpha value is -3.72. The Labute approximate surface area is 187 Å². The third kappa shape index (κ3) is 3.50. The van der Waals surface area contributed by atoms with Gasteiger partial charge in [0.25, 0.3) is 5.78 Å². The number of Topliss-reactive ketones (excluding diaryl/α,β-unsaturated/α-hetero) is 1. The van der Waals surface area contributed by atoms with Gasteiger partial charge in [0.15, 0.2) is 5.13 Å². The van der Waals surface area contributed by atoms with Crippen LogP contribution in [0.2, 0.25) is 0 Å².